The number of hydrogen-bond acceptors (Lipinski definition) is 7. The number of nitrogens with zero attached hydrogens (tertiary/aromatic N) is 5. The van der Waals surface area contributed by atoms with Crippen LogP contribution in [0.3, 0.4) is 0 Å². The van der Waals surface area contributed by atoms with Crippen molar-refractivity contribution in [2.75, 3.05) is 5.73 Å². The maximum Gasteiger partial charge on any atom is 0.165 e. The van der Waals surface area contributed by atoms with E-state index >= 15 is 0 Å². The minimum atomic E-state index is -0.124. The second-order valence-electron chi connectivity index (χ2n) is 8.05. The Morgan fingerprint density at radius 3 is 2.73 bits per heavy atom. The molecule has 4 aromatic heterocycles. The van der Waals surface area contributed by atoms with Crippen LogP contribution >= 0.6 is 11.3 Å². The zero-order valence-electron chi connectivity index (χ0n) is 17.1. The fourth-order valence-electron chi connectivity index (χ4n) is 3.91. The van der Waals surface area contributed by atoms with Gasteiger partial charge in [0, 0.05) is 28.4 Å². The first kappa shape index (κ1) is 18.9. The van der Waals surface area contributed by atoms with Crippen LogP contribution < -0.4 is 5.73 Å². The standard InChI is InChI=1S/C22H22N6OS/c1-11-6-15(11)7-16-9-25-22(30-16)18-5-4-14(8-24-18)17-10-26-28-20(23)19(13(3)29)12(2)27-21(17)28/h4-5,8-11,15H,6-7,23H2,1-3H3. The number of fused-ring (bicyclic) bond motifs is 1. The molecule has 2 unspecified atom stereocenters. The third-order valence-electron chi connectivity index (χ3n) is 5.80. The van der Waals surface area contributed by atoms with Crippen LogP contribution in [0.4, 0.5) is 5.82 Å². The van der Waals surface area contributed by atoms with Crippen molar-refractivity contribution in [1.82, 2.24) is 24.6 Å². The molecular weight excluding hydrogens is 396 g/mol. The zero-order valence-corrected chi connectivity index (χ0v) is 17.9. The highest BCUT2D eigenvalue weighted by Gasteiger charge is 2.32. The quantitative estimate of drug-likeness (QED) is 0.488. The lowest BCUT2D eigenvalue weighted by Gasteiger charge is -2.08. The Morgan fingerprint density at radius 2 is 2.07 bits per heavy atom. The first-order valence-corrected chi connectivity index (χ1v) is 10.8. The van der Waals surface area contributed by atoms with E-state index in [0.717, 1.165) is 40.1 Å². The summed E-state index contributed by atoms with van der Waals surface area (Å²) in [5.41, 5.74) is 10.4. The van der Waals surface area contributed by atoms with Crippen LogP contribution in [0, 0.1) is 18.8 Å². The summed E-state index contributed by atoms with van der Waals surface area (Å²) in [6.07, 6.45) is 7.94. The zero-order chi connectivity index (χ0) is 21.0. The number of carbonyl (C=O) groups excluding carboxylic acids is 1. The second kappa shape index (κ2) is 6.98. The van der Waals surface area contributed by atoms with Crippen LogP contribution in [0.1, 0.15) is 41.2 Å². The molecular formula is C22H22N6OS. The van der Waals surface area contributed by atoms with Gasteiger partial charge in [-0.05, 0) is 44.6 Å². The lowest BCUT2D eigenvalue weighted by molar-refractivity contribution is 0.101. The number of aryl methyl sites for hydroxylation is 1. The summed E-state index contributed by atoms with van der Waals surface area (Å²) < 4.78 is 1.51. The minimum absolute atomic E-state index is 0.124. The molecule has 0 amide bonds. The molecule has 4 aromatic rings. The van der Waals surface area contributed by atoms with Crippen molar-refractivity contribution in [3.63, 3.8) is 0 Å². The number of ketones is 1. The molecule has 2 N–H and O–H groups in total. The van der Waals surface area contributed by atoms with Crippen molar-refractivity contribution >= 4 is 28.6 Å². The monoisotopic (exact) mass is 418 g/mol. The number of thiazole rings is 1. The highest BCUT2D eigenvalue weighted by Crippen LogP contribution is 2.41. The number of aromatic nitrogens is 5. The number of carbonyl (C=O) groups is 1. The average molecular weight is 419 g/mol. The van der Waals surface area contributed by atoms with E-state index in [1.165, 1.54) is 22.7 Å². The number of nitrogens with two attached hydrogens (primary N) is 1. The number of anilines is 1. The summed E-state index contributed by atoms with van der Waals surface area (Å²) in [6, 6.07) is 3.97. The highest BCUT2D eigenvalue weighted by atomic mass is 32.1. The van der Waals surface area contributed by atoms with Crippen molar-refractivity contribution in [1.29, 1.82) is 0 Å². The number of hydrogen-bond donors (Lipinski definition) is 1. The molecule has 0 bridgehead atoms. The van der Waals surface area contributed by atoms with Gasteiger partial charge < -0.3 is 5.73 Å². The van der Waals surface area contributed by atoms with Crippen molar-refractivity contribution < 1.29 is 4.79 Å². The van der Waals surface area contributed by atoms with Gasteiger partial charge in [0.05, 0.1) is 23.1 Å². The van der Waals surface area contributed by atoms with Gasteiger partial charge in [0.25, 0.3) is 0 Å². The fourth-order valence-corrected chi connectivity index (χ4v) is 4.89. The second-order valence-corrected chi connectivity index (χ2v) is 9.16. The number of Topliss-reactive ketones (excluding diaryl/α,β-unsaturated/α-hetero) is 1. The smallest absolute Gasteiger partial charge is 0.165 e. The molecule has 1 saturated carbocycles. The van der Waals surface area contributed by atoms with Crippen LogP contribution in [-0.2, 0) is 6.42 Å². The normalized spacial score (nSPS) is 18.1. The van der Waals surface area contributed by atoms with E-state index in [4.69, 9.17) is 5.73 Å². The van der Waals surface area contributed by atoms with Gasteiger partial charge in [-0.3, -0.25) is 9.78 Å². The number of rotatable bonds is 5. The largest absolute Gasteiger partial charge is 0.383 e. The minimum Gasteiger partial charge on any atom is -0.383 e. The van der Waals surface area contributed by atoms with Crippen LogP contribution in [-0.4, -0.2) is 30.3 Å². The molecule has 0 spiro atoms. The van der Waals surface area contributed by atoms with Crippen molar-refractivity contribution in [3.8, 4) is 21.8 Å². The molecule has 0 saturated heterocycles. The maximum atomic E-state index is 11.9. The summed E-state index contributed by atoms with van der Waals surface area (Å²) in [7, 11) is 0. The molecule has 1 aliphatic rings. The molecule has 4 heterocycles. The first-order valence-electron chi connectivity index (χ1n) is 9.98. The summed E-state index contributed by atoms with van der Waals surface area (Å²) in [5, 5.41) is 5.28. The van der Waals surface area contributed by atoms with E-state index in [1.807, 2.05) is 24.5 Å². The van der Waals surface area contributed by atoms with E-state index in [1.54, 1.807) is 24.5 Å². The van der Waals surface area contributed by atoms with Gasteiger partial charge in [-0.25, -0.2) is 9.97 Å². The van der Waals surface area contributed by atoms with Crippen molar-refractivity contribution in [2.24, 2.45) is 11.8 Å². The van der Waals surface area contributed by atoms with Gasteiger partial charge in [-0.2, -0.15) is 9.61 Å². The van der Waals surface area contributed by atoms with E-state index in [2.05, 4.69) is 27.0 Å². The summed E-state index contributed by atoms with van der Waals surface area (Å²) in [5.74, 6) is 1.84. The third kappa shape index (κ3) is 3.17. The van der Waals surface area contributed by atoms with E-state index in [0.29, 0.717) is 22.7 Å². The van der Waals surface area contributed by atoms with E-state index in [-0.39, 0.29) is 5.78 Å². The summed E-state index contributed by atoms with van der Waals surface area (Å²) in [4.78, 5) is 27.0. The lowest BCUT2D eigenvalue weighted by atomic mass is 10.1. The molecule has 1 fully saturated rings. The molecule has 0 aliphatic heterocycles. The van der Waals surface area contributed by atoms with Crippen LogP contribution in [0.5, 0.6) is 0 Å². The van der Waals surface area contributed by atoms with Crippen LogP contribution in [0.2, 0.25) is 0 Å². The van der Waals surface area contributed by atoms with Gasteiger partial charge in [-0.15, -0.1) is 11.3 Å². The predicted octanol–water partition coefficient (Wildman–Crippen LogP) is 4.21. The fraction of sp³-hybridized carbons (Fsp3) is 0.318. The Balaban J connectivity index is 1.46. The Morgan fingerprint density at radius 1 is 1.27 bits per heavy atom. The Hall–Kier alpha value is -3.13. The highest BCUT2D eigenvalue weighted by molar-refractivity contribution is 7.15. The third-order valence-corrected chi connectivity index (χ3v) is 6.84. The SMILES string of the molecule is CC(=O)c1c(C)nc2c(-c3ccc(-c4ncc(CC5CC5C)s4)nc3)cnn2c1N. The first-order chi connectivity index (χ1) is 14.4. The summed E-state index contributed by atoms with van der Waals surface area (Å²) in [6.45, 7) is 5.57. The molecule has 30 heavy (non-hydrogen) atoms. The predicted molar refractivity (Wildman–Crippen MR) is 117 cm³/mol. The lowest BCUT2D eigenvalue weighted by Crippen LogP contribution is -2.11. The number of nitrogen functional groups attached to an aromatic ring is 1. The van der Waals surface area contributed by atoms with E-state index in [9.17, 15) is 4.79 Å². The van der Waals surface area contributed by atoms with Gasteiger partial charge in [0.1, 0.15) is 10.8 Å². The average Bonchev–Trinajstić information content (AvgIpc) is 3.09. The van der Waals surface area contributed by atoms with Crippen LogP contribution in [0.25, 0.3) is 27.5 Å². The van der Waals surface area contributed by atoms with Gasteiger partial charge in [-0.1, -0.05) is 13.0 Å². The molecule has 0 radical (unpaired) electrons. The molecule has 0 aromatic carbocycles. The van der Waals surface area contributed by atoms with Gasteiger partial charge in [0.15, 0.2) is 11.4 Å². The number of pyridine rings is 1. The molecule has 2 atom stereocenters. The molecule has 152 valence electrons. The molecule has 8 heteroatoms. The van der Waals surface area contributed by atoms with Crippen molar-refractivity contribution in [2.45, 2.75) is 33.6 Å². The van der Waals surface area contributed by atoms with E-state index < -0.39 is 0 Å². The summed E-state index contributed by atoms with van der Waals surface area (Å²) >= 11 is 1.72. The molecule has 5 rings (SSSR count). The Labute approximate surface area is 178 Å². The Bertz CT molecular complexity index is 1270. The Kier molecular flexibility index (Phi) is 4.39. The maximum absolute atomic E-state index is 11.9. The topological polar surface area (TPSA) is 99.1 Å². The van der Waals surface area contributed by atoms with Crippen molar-refractivity contribution in [3.05, 3.63) is 46.9 Å². The van der Waals surface area contributed by atoms with Gasteiger partial charge >= 0.3 is 0 Å². The molecule has 7 nitrogen and oxygen atoms in total. The van der Waals surface area contributed by atoms with Crippen LogP contribution in [0.15, 0.2) is 30.7 Å². The molecule has 1 aliphatic carbocycles. The van der Waals surface area contributed by atoms with Gasteiger partial charge in [0.2, 0.25) is 0 Å².